The molecular weight excluding hydrogens is 355 g/mol. The largest absolute Gasteiger partial charge is 0.506 e. The minimum Gasteiger partial charge on any atom is -0.506 e. The normalized spacial score (nSPS) is 10.8. The van der Waals surface area contributed by atoms with Crippen LogP contribution in [-0.2, 0) is 4.74 Å². The first kappa shape index (κ1) is 17.7. The molecule has 4 rings (SSSR count). The lowest BCUT2D eigenvalue weighted by atomic mass is 9.85. The molecule has 0 aromatic heterocycles. The first-order valence-electron chi connectivity index (χ1n) is 8.79. The summed E-state index contributed by atoms with van der Waals surface area (Å²) in [7, 11) is 1.27. The third-order valence-corrected chi connectivity index (χ3v) is 4.76. The molecule has 0 unspecified atom stereocenters. The second-order valence-electron chi connectivity index (χ2n) is 6.39. The number of halogens is 1. The Hall–Kier alpha value is -3.66. The fourth-order valence-corrected chi connectivity index (χ4v) is 3.54. The van der Waals surface area contributed by atoms with Crippen LogP contribution in [0, 0.1) is 5.82 Å². The number of carbonyl (C=O) groups is 1. The molecule has 3 nitrogen and oxygen atoms in total. The number of ether oxygens (including phenoxy) is 1. The Kier molecular flexibility index (Phi) is 4.53. The second kappa shape index (κ2) is 7.16. The van der Waals surface area contributed by atoms with E-state index in [9.17, 15) is 14.3 Å². The second-order valence-corrected chi connectivity index (χ2v) is 6.39. The number of hydrogen-bond donors (Lipinski definition) is 1. The number of fused-ring (bicyclic) bond motifs is 1. The van der Waals surface area contributed by atoms with E-state index in [1.807, 2.05) is 60.7 Å². The third-order valence-electron chi connectivity index (χ3n) is 4.76. The lowest BCUT2D eigenvalue weighted by molar-refractivity contribution is 0.0598. The Morgan fingerprint density at radius 3 is 1.96 bits per heavy atom. The van der Waals surface area contributed by atoms with Crippen LogP contribution >= 0.6 is 0 Å². The van der Waals surface area contributed by atoms with E-state index in [2.05, 4.69) is 0 Å². The van der Waals surface area contributed by atoms with Gasteiger partial charge in [0, 0.05) is 10.9 Å². The highest BCUT2D eigenvalue weighted by Crippen LogP contribution is 2.46. The van der Waals surface area contributed by atoms with Crippen molar-refractivity contribution < 1.29 is 19.0 Å². The van der Waals surface area contributed by atoms with E-state index in [0.29, 0.717) is 21.9 Å². The fraction of sp³-hybridized carbons (Fsp3) is 0.0417. The topological polar surface area (TPSA) is 46.5 Å². The molecule has 0 amide bonds. The van der Waals surface area contributed by atoms with Crippen LogP contribution in [0.4, 0.5) is 4.39 Å². The number of phenols is 1. The van der Waals surface area contributed by atoms with Gasteiger partial charge in [0.25, 0.3) is 0 Å². The molecule has 0 bridgehead atoms. The van der Waals surface area contributed by atoms with Crippen molar-refractivity contribution in [1.82, 2.24) is 0 Å². The van der Waals surface area contributed by atoms with Gasteiger partial charge in [0.2, 0.25) is 0 Å². The van der Waals surface area contributed by atoms with Gasteiger partial charge in [-0.15, -0.1) is 0 Å². The third kappa shape index (κ3) is 2.89. The Labute approximate surface area is 161 Å². The van der Waals surface area contributed by atoms with E-state index >= 15 is 0 Å². The zero-order valence-corrected chi connectivity index (χ0v) is 15.1. The molecule has 0 atom stereocenters. The smallest absolute Gasteiger partial charge is 0.342 e. The zero-order valence-electron chi connectivity index (χ0n) is 15.1. The lowest BCUT2D eigenvalue weighted by Gasteiger charge is -2.19. The van der Waals surface area contributed by atoms with E-state index in [4.69, 9.17) is 4.74 Å². The van der Waals surface area contributed by atoms with Crippen LogP contribution in [0.25, 0.3) is 33.0 Å². The zero-order chi connectivity index (χ0) is 19.7. The number of benzene rings is 4. The monoisotopic (exact) mass is 372 g/mol. The first-order valence-corrected chi connectivity index (χ1v) is 8.79. The predicted octanol–water partition coefficient (Wildman–Crippen LogP) is 5.81. The number of methoxy groups -OCH3 is 1. The average molecular weight is 372 g/mol. The number of carbonyl (C=O) groups excluding carboxylic acids is 1. The highest BCUT2D eigenvalue weighted by molar-refractivity contribution is 6.16. The molecule has 0 heterocycles. The standard InChI is InChI=1S/C24H17FO3/c1-28-24(27)22-21(16-10-6-3-7-11-16)20(15-8-4-2-5-9-15)19-14-17(25)12-13-18(19)23(22)26/h2-14,26H,1H3. The Bertz CT molecular complexity index is 1170. The number of phenolic OH excluding ortho intramolecular Hbond substituents is 1. The molecule has 4 aromatic carbocycles. The molecule has 4 heteroatoms. The number of rotatable bonds is 3. The summed E-state index contributed by atoms with van der Waals surface area (Å²) >= 11 is 0. The molecule has 0 aliphatic rings. The quantitative estimate of drug-likeness (QED) is 0.462. The average Bonchev–Trinajstić information content (AvgIpc) is 2.74. The molecule has 0 radical (unpaired) electrons. The minimum absolute atomic E-state index is 0.0617. The SMILES string of the molecule is COC(=O)c1c(-c2ccccc2)c(-c2ccccc2)c2cc(F)ccc2c1O. The lowest BCUT2D eigenvalue weighted by Crippen LogP contribution is -2.06. The van der Waals surface area contributed by atoms with Crippen LogP contribution in [-0.4, -0.2) is 18.2 Å². The summed E-state index contributed by atoms with van der Waals surface area (Å²) in [5.41, 5.74) is 2.77. The van der Waals surface area contributed by atoms with Crippen LogP contribution in [0.2, 0.25) is 0 Å². The van der Waals surface area contributed by atoms with Gasteiger partial charge in [0.05, 0.1) is 7.11 Å². The number of aromatic hydroxyl groups is 1. The van der Waals surface area contributed by atoms with Crippen LogP contribution in [0.3, 0.4) is 0 Å². The molecule has 0 fully saturated rings. The van der Waals surface area contributed by atoms with Gasteiger partial charge in [-0.05, 0) is 40.3 Å². The van der Waals surface area contributed by atoms with Crippen molar-refractivity contribution in [2.75, 3.05) is 7.11 Å². The van der Waals surface area contributed by atoms with Gasteiger partial charge in [-0.25, -0.2) is 9.18 Å². The highest BCUT2D eigenvalue weighted by atomic mass is 19.1. The van der Waals surface area contributed by atoms with E-state index < -0.39 is 11.8 Å². The highest BCUT2D eigenvalue weighted by Gasteiger charge is 2.26. The minimum atomic E-state index is -0.653. The molecule has 28 heavy (non-hydrogen) atoms. The van der Waals surface area contributed by atoms with E-state index in [1.165, 1.54) is 25.3 Å². The van der Waals surface area contributed by atoms with Gasteiger partial charge in [-0.3, -0.25) is 0 Å². The summed E-state index contributed by atoms with van der Waals surface area (Å²) < 4.78 is 19.1. The van der Waals surface area contributed by atoms with Gasteiger partial charge < -0.3 is 9.84 Å². The van der Waals surface area contributed by atoms with Gasteiger partial charge in [-0.2, -0.15) is 0 Å². The fourth-order valence-electron chi connectivity index (χ4n) is 3.54. The maximum Gasteiger partial charge on any atom is 0.342 e. The molecule has 138 valence electrons. The summed E-state index contributed by atoms with van der Waals surface area (Å²) in [5.74, 6) is -1.30. The Morgan fingerprint density at radius 2 is 1.39 bits per heavy atom. The number of hydrogen-bond acceptors (Lipinski definition) is 3. The molecule has 0 aliphatic heterocycles. The predicted molar refractivity (Wildman–Crippen MR) is 108 cm³/mol. The molecule has 0 spiro atoms. The van der Waals surface area contributed by atoms with Crippen molar-refractivity contribution in [1.29, 1.82) is 0 Å². The van der Waals surface area contributed by atoms with Gasteiger partial charge in [0.15, 0.2) is 0 Å². The summed E-state index contributed by atoms with van der Waals surface area (Å²) in [6.07, 6.45) is 0. The summed E-state index contributed by atoms with van der Waals surface area (Å²) in [6.45, 7) is 0. The van der Waals surface area contributed by atoms with Gasteiger partial charge in [0.1, 0.15) is 17.1 Å². The molecule has 0 saturated heterocycles. The van der Waals surface area contributed by atoms with Crippen molar-refractivity contribution in [3.8, 4) is 28.0 Å². The molecule has 0 aliphatic carbocycles. The van der Waals surface area contributed by atoms with Crippen LogP contribution in [0.5, 0.6) is 5.75 Å². The van der Waals surface area contributed by atoms with Crippen molar-refractivity contribution in [3.63, 3.8) is 0 Å². The van der Waals surface area contributed by atoms with Crippen LogP contribution in [0.15, 0.2) is 78.9 Å². The summed E-state index contributed by atoms with van der Waals surface area (Å²) in [4.78, 5) is 12.7. The summed E-state index contributed by atoms with van der Waals surface area (Å²) in [6, 6.07) is 22.8. The Balaban J connectivity index is 2.27. The van der Waals surface area contributed by atoms with Gasteiger partial charge >= 0.3 is 5.97 Å². The van der Waals surface area contributed by atoms with Gasteiger partial charge in [-0.1, -0.05) is 60.7 Å². The first-order chi connectivity index (χ1) is 13.6. The molecule has 1 N–H and O–H groups in total. The van der Waals surface area contributed by atoms with Crippen molar-refractivity contribution in [2.24, 2.45) is 0 Å². The van der Waals surface area contributed by atoms with Crippen molar-refractivity contribution in [3.05, 3.63) is 90.2 Å². The maximum atomic E-state index is 14.2. The molecule has 4 aromatic rings. The maximum absolute atomic E-state index is 14.2. The molecule has 0 saturated carbocycles. The summed E-state index contributed by atoms with van der Waals surface area (Å²) in [5, 5.41) is 11.8. The van der Waals surface area contributed by atoms with E-state index in [-0.39, 0.29) is 11.3 Å². The van der Waals surface area contributed by atoms with E-state index in [1.54, 1.807) is 0 Å². The van der Waals surface area contributed by atoms with Crippen LogP contribution in [0.1, 0.15) is 10.4 Å². The molecular formula is C24H17FO3. The van der Waals surface area contributed by atoms with Crippen LogP contribution < -0.4 is 0 Å². The number of esters is 1. The van der Waals surface area contributed by atoms with Crippen molar-refractivity contribution in [2.45, 2.75) is 0 Å². The Morgan fingerprint density at radius 1 is 0.821 bits per heavy atom. The van der Waals surface area contributed by atoms with E-state index in [0.717, 1.165) is 11.1 Å². The van der Waals surface area contributed by atoms with Crippen molar-refractivity contribution >= 4 is 16.7 Å².